The average Bonchev–Trinajstić information content (AvgIpc) is 3.36. The lowest BCUT2D eigenvalue weighted by Crippen LogP contribution is -2.29. The number of nitro benzene ring substituents is 1. The number of hydrogen-bond acceptors (Lipinski definition) is 9. The molecule has 1 aromatic heterocycles. The number of thioether (sulfide) groups is 1. The maximum absolute atomic E-state index is 13.4. The van der Waals surface area contributed by atoms with Crippen LogP contribution in [0.2, 0.25) is 0 Å². The summed E-state index contributed by atoms with van der Waals surface area (Å²) in [5.41, 5.74) is 0.955. The average molecular weight is 486 g/mol. The molecule has 1 saturated heterocycles. The topological polar surface area (TPSA) is 123 Å². The summed E-state index contributed by atoms with van der Waals surface area (Å²) in [6.07, 6.45) is 1.67. The second-order valence-corrected chi connectivity index (χ2v) is 8.65. The number of non-ortho nitro benzene ring substituents is 1. The van der Waals surface area contributed by atoms with E-state index in [-0.39, 0.29) is 28.7 Å². The molecule has 0 N–H and O–H groups in total. The van der Waals surface area contributed by atoms with Crippen LogP contribution in [0.3, 0.4) is 0 Å². The fourth-order valence-electron chi connectivity index (χ4n) is 3.84. The number of nitro groups is 1. The van der Waals surface area contributed by atoms with Gasteiger partial charge in [0.25, 0.3) is 11.2 Å². The van der Waals surface area contributed by atoms with Crippen LogP contribution >= 0.6 is 11.8 Å². The maximum Gasteiger partial charge on any atom is 0.337 e. The minimum Gasteiger partial charge on any atom is -0.496 e. The van der Waals surface area contributed by atoms with Crippen LogP contribution in [0.15, 0.2) is 46.3 Å². The predicted molar refractivity (Wildman–Crippen MR) is 126 cm³/mol. The van der Waals surface area contributed by atoms with Gasteiger partial charge in [-0.2, -0.15) is 0 Å². The molecule has 0 spiro atoms. The van der Waals surface area contributed by atoms with Gasteiger partial charge in [0.1, 0.15) is 5.75 Å². The van der Waals surface area contributed by atoms with E-state index in [1.807, 2.05) is 0 Å². The van der Waals surface area contributed by atoms with Gasteiger partial charge in [0, 0.05) is 30.1 Å². The van der Waals surface area contributed by atoms with Crippen LogP contribution in [0.4, 0.5) is 5.69 Å². The Morgan fingerprint density at radius 1 is 1.29 bits per heavy atom. The van der Waals surface area contributed by atoms with Crippen molar-refractivity contribution in [2.75, 3.05) is 20.8 Å². The number of rotatable bonds is 8. The Morgan fingerprint density at radius 2 is 2.12 bits per heavy atom. The van der Waals surface area contributed by atoms with E-state index >= 15 is 0 Å². The summed E-state index contributed by atoms with van der Waals surface area (Å²) in [7, 11) is 2.78. The third-order valence-corrected chi connectivity index (χ3v) is 6.61. The molecular weight excluding hydrogens is 462 g/mol. The van der Waals surface area contributed by atoms with Gasteiger partial charge in [0.05, 0.1) is 48.3 Å². The molecule has 0 aliphatic carbocycles. The van der Waals surface area contributed by atoms with Gasteiger partial charge in [0.15, 0.2) is 5.16 Å². The van der Waals surface area contributed by atoms with Gasteiger partial charge >= 0.3 is 5.97 Å². The first-order valence-corrected chi connectivity index (χ1v) is 11.6. The van der Waals surface area contributed by atoms with Crippen LogP contribution < -0.4 is 10.3 Å². The van der Waals surface area contributed by atoms with Crippen molar-refractivity contribution in [1.82, 2.24) is 9.55 Å². The summed E-state index contributed by atoms with van der Waals surface area (Å²) in [4.78, 5) is 40.8. The summed E-state index contributed by atoms with van der Waals surface area (Å²) in [5.74, 6) is 0.257. The second kappa shape index (κ2) is 10.2. The molecule has 4 rings (SSSR count). The van der Waals surface area contributed by atoms with Gasteiger partial charge in [-0.25, -0.2) is 9.78 Å². The summed E-state index contributed by atoms with van der Waals surface area (Å²) >= 11 is 1.26. The molecule has 11 heteroatoms. The number of carbonyl (C=O) groups excluding carboxylic acids is 1. The zero-order chi connectivity index (χ0) is 24.2. The molecule has 1 unspecified atom stereocenters. The van der Waals surface area contributed by atoms with Crippen LogP contribution in [0.25, 0.3) is 10.9 Å². The molecule has 34 heavy (non-hydrogen) atoms. The van der Waals surface area contributed by atoms with Gasteiger partial charge in [0.2, 0.25) is 0 Å². The van der Waals surface area contributed by atoms with Gasteiger partial charge in [-0.15, -0.1) is 0 Å². The van der Waals surface area contributed by atoms with E-state index in [1.165, 1.54) is 50.2 Å². The normalized spacial score (nSPS) is 15.4. The first-order valence-electron chi connectivity index (χ1n) is 10.6. The van der Waals surface area contributed by atoms with Crippen molar-refractivity contribution in [3.05, 3.63) is 68.0 Å². The Balaban J connectivity index is 1.75. The number of benzene rings is 2. The van der Waals surface area contributed by atoms with E-state index < -0.39 is 10.9 Å². The third-order valence-electron chi connectivity index (χ3n) is 5.58. The highest BCUT2D eigenvalue weighted by Crippen LogP contribution is 2.31. The molecule has 2 aromatic carbocycles. The minimum absolute atomic E-state index is 0.0534. The maximum atomic E-state index is 13.4. The SMILES string of the molecule is COC(=O)c1ccc2c(=O)n(CC3CCCO3)c(SCc3cc([N+](=O)[O-])ccc3OC)nc2c1. The van der Waals surface area contributed by atoms with E-state index in [0.29, 0.717) is 40.5 Å². The van der Waals surface area contributed by atoms with Crippen LogP contribution in [0.1, 0.15) is 28.8 Å². The Morgan fingerprint density at radius 3 is 2.79 bits per heavy atom. The largest absolute Gasteiger partial charge is 0.496 e. The van der Waals surface area contributed by atoms with Crippen molar-refractivity contribution >= 4 is 34.3 Å². The molecule has 2 heterocycles. The summed E-state index contributed by atoms with van der Waals surface area (Å²) < 4.78 is 17.4. The predicted octanol–water partition coefficient (Wildman–Crippen LogP) is 3.57. The lowest BCUT2D eigenvalue weighted by Gasteiger charge is -2.17. The van der Waals surface area contributed by atoms with E-state index in [1.54, 1.807) is 16.7 Å². The summed E-state index contributed by atoms with van der Waals surface area (Å²) in [6.45, 7) is 0.991. The van der Waals surface area contributed by atoms with E-state index in [0.717, 1.165) is 12.8 Å². The van der Waals surface area contributed by atoms with Gasteiger partial charge < -0.3 is 14.2 Å². The van der Waals surface area contributed by atoms with Gasteiger partial charge in [-0.3, -0.25) is 19.5 Å². The Hall–Kier alpha value is -3.44. The molecule has 0 amide bonds. The zero-order valence-electron chi connectivity index (χ0n) is 18.7. The van der Waals surface area contributed by atoms with Crippen molar-refractivity contribution in [1.29, 1.82) is 0 Å². The summed E-state index contributed by atoms with van der Waals surface area (Å²) in [5, 5.41) is 12.0. The zero-order valence-corrected chi connectivity index (χ0v) is 19.5. The first-order chi connectivity index (χ1) is 16.4. The molecule has 1 fully saturated rings. The number of nitrogens with zero attached hydrogens (tertiary/aromatic N) is 3. The molecular formula is C23H23N3O7S. The van der Waals surface area contributed by atoms with Crippen molar-refractivity contribution in [2.24, 2.45) is 0 Å². The number of ether oxygens (including phenoxy) is 3. The fourth-order valence-corrected chi connectivity index (χ4v) is 4.83. The number of aromatic nitrogens is 2. The molecule has 0 saturated carbocycles. The molecule has 10 nitrogen and oxygen atoms in total. The van der Waals surface area contributed by atoms with Crippen molar-refractivity contribution in [2.45, 2.75) is 36.4 Å². The number of fused-ring (bicyclic) bond motifs is 1. The van der Waals surface area contributed by atoms with Crippen molar-refractivity contribution < 1.29 is 23.9 Å². The molecule has 1 aliphatic rings. The highest BCUT2D eigenvalue weighted by atomic mass is 32.2. The standard InChI is InChI=1S/C23H23N3O7S/c1-31-20-8-6-16(26(29)30)10-15(20)13-34-23-24-19-11-14(22(28)32-2)5-7-18(19)21(27)25(23)12-17-4-3-9-33-17/h5-8,10-11,17H,3-4,9,12-13H2,1-2H3. The van der Waals surface area contributed by atoms with Gasteiger partial charge in [-0.1, -0.05) is 11.8 Å². The third kappa shape index (κ3) is 4.90. The lowest BCUT2D eigenvalue weighted by atomic mass is 10.1. The second-order valence-electron chi connectivity index (χ2n) is 7.71. The Labute approximate surface area is 199 Å². The number of carbonyl (C=O) groups is 1. The van der Waals surface area contributed by atoms with Crippen molar-refractivity contribution in [3.8, 4) is 5.75 Å². The highest BCUT2D eigenvalue weighted by molar-refractivity contribution is 7.98. The number of methoxy groups -OCH3 is 2. The molecule has 1 atom stereocenters. The minimum atomic E-state index is -0.525. The van der Waals surface area contributed by atoms with Crippen LogP contribution in [0, 0.1) is 10.1 Å². The van der Waals surface area contributed by atoms with Gasteiger partial charge in [-0.05, 0) is 37.1 Å². The molecule has 0 bridgehead atoms. The Bertz CT molecular complexity index is 1300. The van der Waals surface area contributed by atoms with E-state index in [9.17, 15) is 19.7 Å². The monoisotopic (exact) mass is 485 g/mol. The number of hydrogen-bond donors (Lipinski definition) is 0. The fraction of sp³-hybridized carbons (Fsp3) is 0.348. The molecule has 3 aromatic rings. The Kier molecular flexibility index (Phi) is 7.13. The summed E-state index contributed by atoms with van der Waals surface area (Å²) in [6, 6.07) is 9.00. The lowest BCUT2D eigenvalue weighted by molar-refractivity contribution is -0.384. The van der Waals surface area contributed by atoms with E-state index in [4.69, 9.17) is 14.2 Å². The van der Waals surface area contributed by atoms with Crippen LogP contribution in [-0.4, -0.2) is 47.4 Å². The van der Waals surface area contributed by atoms with Crippen LogP contribution in [0.5, 0.6) is 5.75 Å². The molecule has 1 aliphatic heterocycles. The smallest absolute Gasteiger partial charge is 0.337 e. The highest BCUT2D eigenvalue weighted by Gasteiger charge is 2.21. The van der Waals surface area contributed by atoms with Crippen LogP contribution in [-0.2, 0) is 21.8 Å². The number of esters is 1. The first kappa shape index (κ1) is 23.7. The molecule has 0 radical (unpaired) electrons. The van der Waals surface area contributed by atoms with E-state index in [2.05, 4.69) is 4.98 Å². The van der Waals surface area contributed by atoms with Crippen molar-refractivity contribution in [3.63, 3.8) is 0 Å². The molecule has 178 valence electrons. The quantitative estimate of drug-likeness (QED) is 0.155.